The number of hydrogen-bond donors (Lipinski definition) is 0. The summed E-state index contributed by atoms with van der Waals surface area (Å²) in [6.45, 7) is 4.79. The Kier molecular flexibility index (Phi) is 9.50. The van der Waals surface area contributed by atoms with E-state index in [-0.39, 0.29) is 5.41 Å². The highest BCUT2D eigenvalue weighted by Crippen LogP contribution is 2.60. The Morgan fingerprint density at radius 3 is 1.47 bits per heavy atom. The average molecular weight is 919 g/mol. The van der Waals surface area contributed by atoms with E-state index in [2.05, 4.69) is 290 Å². The van der Waals surface area contributed by atoms with E-state index in [0.717, 1.165) is 22.7 Å². The molecule has 0 spiro atoms. The summed E-state index contributed by atoms with van der Waals surface area (Å²) in [6.07, 6.45) is 0. The highest BCUT2D eigenvalue weighted by molar-refractivity contribution is 6.09. The molecule has 0 saturated heterocycles. The van der Waals surface area contributed by atoms with Gasteiger partial charge in [0.05, 0.1) is 22.1 Å². The molecule has 14 rings (SSSR count). The van der Waals surface area contributed by atoms with Crippen molar-refractivity contribution in [1.82, 2.24) is 4.57 Å². The van der Waals surface area contributed by atoms with Crippen molar-refractivity contribution in [3.05, 3.63) is 300 Å². The van der Waals surface area contributed by atoms with Crippen molar-refractivity contribution < 1.29 is 0 Å². The molecule has 0 bridgehead atoms. The zero-order valence-corrected chi connectivity index (χ0v) is 40.3. The van der Waals surface area contributed by atoms with Crippen LogP contribution in [0.2, 0.25) is 0 Å². The molecule has 0 aliphatic heterocycles. The summed E-state index contributed by atoms with van der Waals surface area (Å²) in [7, 11) is 0. The van der Waals surface area contributed by atoms with E-state index in [1.54, 1.807) is 0 Å². The molecule has 0 radical (unpaired) electrons. The number of benzene rings is 11. The lowest BCUT2D eigenvalue weighted by molar-refractivity contribution is 0.660. The van der Waals surface area contributed by atoms with Crippen molar-refractivity contribution >= 4 is 38.9 Å². The van der Waals surface area contributed by atoms with Crippen molar-refractivity contribution in [3.63, 3.8) is 0 Å². The summed E-state index contributed by atoms with van der Waals surface area (Å²) in [6, 6.07) is 99.0. The Hall–Kier alpha value is -8.98. The number of rotatable bonds is 8. The van der Waals surface area contributed by atoms with E-state index in [0.29, 0.717) is 0 Å². The van der Waals surface area contributed by atoms with Crippen LogP contribution < -0.4 is 4.90 Å². The molecule has 340 valence electrons. The van der Waals surface area contributed by atoms with Gasteiger partial charge >= 0.3 is 0 Å². The highest BCUT2D eigenvalue weighted by atomic mass is 15.1. The lowest BCUT2D eigenvalue weighted by Gasteiger charge is -2.34. The number of para-hydroxylation sites is 2. The molecule has 11 aromatic carbocycles. The molecule has 2 aliphatic carbocycles. The molecule has 0 unspecified atom stereocenters. The molecule has 0 saturated carbocycles. The van der Waals surface area contributed by atoms with Crippen LogP contribution in [0.3, 0.4) is 0 Å². The predicted molar refractivity (Wildman–Crippen MR) is 301 cm³/mol. The van der Waals surface area contributed by atoms with Gasteiger partial charge in [0.15, 0.2) is 0 Å². The van der Waals surface area contributed by atoms with E-state index >= 15 is 0 Å². The maximum absolute atomic E-state index is 2.52. The van der Waals surface area contributed by atoms with Gasteiger partial charge in [-0.3, -0.25) is 0 Å². The summed E-state index contributed by atoms with van der Waals surface area (Å²) >= 11 is 0. The first kappa shape index (κ1) is 41.9. The van der Waals surface area contributed by atoms with E-state index in [1.807, 2.05) is 0 Å². The van der Waals surface area contributed by atoms with Gasteiger partial charge in [-0.25, -0.2) is 0 Å². The summed E-state index contributed by atoms with van der Waals surface area (Å²) < 4.78 is 2.38. The van der Waals surface area contributed by atoms with Crippen molar-refractivity contribution in [3.8, 4) is 50.2 Å². The molecular formula is C70H50N2. The van der Waals surface area contributed by atoms with Crippen LogP contribution >= 0.6 is 0 Å². The van der Waals surface area contributed by atoms with Crippen LogP contribution in [-0.4, -0.2) is 4.57 Å². The molecule has 2 aliphatic rings. The van der Waals surface area contributed by atoms with Gasteiger partial charge in [-0.05, 0) is 133 Å². The van der Waals surface area contributed by atoms with E-state index in [4.69, 9.17) is 0 Å². The predicted octanol–water partition coefficient (Wildman–Crippen LogP) is 18.3. The fraction of sp³-hybridized carbons (Fsp3) is 0.0571. The van der Waals surface area contributed by atoms with Gasteiger partial charge < -0.3 is 9.47 Å². The second-order valence-electron chi connectivity index (χ2n) is 20.0. The second-order valence-corrected chi connectivity index (χ2v) is 20.0. The van der Waals surface area contributed by atoms with E-state index < -0.39 is 5.41 Å². The van der Waals surface area contributed by atoms with E-state index in [1.165, 1.54) is 99.7 Å². The maximum Gasteiger partial charge on any atom is 0.0714 e. The van der Waals surface area contributed by atoms with Crippen LogP contribution in [0, 0.1) is 0 Å². The third kappa shape index (κ3) is 6.22. The fourth-order valence-corrected chi connectivity index (χ4v) is 12.6. The monoisotopic (exact) mass is 918 g/mol. The molecule has 2 heteroatoms. The Labute approximate surface area is 421 Å². The molecule has 2 nitrogen and oxygen atoms in total. The zero-order chi connectivity index (χ0) is 48.0. The topological polar surface area (TPSA) is 8.17 Å². The molecule has 0 N–H and O–H groups in total. The third-order valence-corrected chi connectivity index (χ3v) is 15.9. The first-order valence-electron chi connectivity index (χ1n) is 25.2. The first-order valence-corrected chi connectivity index (χ1v) is 25.2. The van der Waals surface area contributed by atoms with Crippen molar-refractivity contribution in [2.24, 2.45) is 0 Å². The Balaban J connectivity index is 0.933. The summed E-state index contributed by atoms with van der Waals surface area (Å²) in [5.41, 5.74) is 23.9. The van der Waals surface area contributed by atoms with Crippen molar-refractivity contribution in [1.29, 1.82) is 0 Å². The number of hydrogen-bond acceptors (Lipinski definition) is 1. The minimum Gasteiger partial charge on any atom is -0.310 e. The quantitative estimate of drug-likeness (QED) is 0.147. The largest absolute Gasteiger partial charge is 0.310 e. The zero-order valence-electron chi connectivity index (χ0n) is 40.3. The van der Waals surface area contributed by atoms with Gasteiger partial charge in [-0.2, -0.15) is 0 Å². The van der Waals surface area contributed by atoms with Gasteiger partial charge in [0.25, 0.3) is 0 Å². The van der Waals surface area contributed by atoms with Gasteiger partial charge in [-0.1, -0.05) is 220 Å². The smallest absolute Gasteiger partial charge is 0.0714 e. The van der Waals surface area contributed by atoms with E-state index in [9.17, 15) is 0 Å². The fourth-order valence-electron chi connectivity index (χ4n) is 12.6. The molecule has 1 heterocycles. The lowest BCUT2D eigenvalue weighted by atomic mass is 9.68. The van der Waals surface area contributed by atoms with Crippen LogP contribution in [0.4, 0.5) is 17.1 Å². The number of anilines is 3. The Morgan fingerprint density at radius 1 is 0.333 bits per heavy atom. The van der Waals surface area contributed by atoms with Crippen LogP contribution in [0.25, 0.3) is 72.0 Å². The minimum absolute atomic E-state index is 0.229. The van der Waals surface area contributed by atoms with Crippen LogP contribution in [0.15, 0.2) is 267 Å². The Bertz CT molecular complexity index is 3940. The number of fused-ring (bicyclic) bond motifs is 9. The normalized spacial score (nSPS) is 13.6. The average Bonchev–Trinajstić information content (AvgIpc) is 4.03. The summed E-state index contributed by atoms with van der Waals surface area (Å²) in [5.74, 6) is 0. The maximum atomic E-state index is 2.52. The molecule has 12 aromatic rings. The SMILES string of the molecule is CC1(C)c2cc(-c3ccccc3)ccc2-c2ccc(N(c3ccc(-c4ccc(-n5c6ccccc6c6ccccc65)cc4)cc3)c3cccc4c3-c3ccccc3C4(c3ccccc3)c3ccccc3)cc21. The summed E-state index contributed by atoms with van der Waals surface area (Å²) in [4.78, 5) is 2.52. The molecule has 0 atom stereocenters. The number of aromatic nitrogens is 1. The van der Waals surface area contributed by atoms with Gasteiger partial charge in [0.1, 0.15) is 0 Å². The summed E-state index contributed by atoms with van der Waals surface area (Å²) in [5, 5.41) is 2.54. The molecule has 0 amide bonds. The van der Waals surface area contributed by atoms with Crippen LogP contribution in [0.5, 0.6) is 0 Å². The van der Waals surface area contributed by atoms with Gasteiger partial charge in [-0.15, -0.1) is 0 Å². The van der Waals surface area contributed by atoms with Crippen molar-refractivity contribution in [2.75, 3.05) is 4.90 Å². The van der Waals surface area contributed by atoms with Crippen molar-refractivity contribution in [2.45, 2.75) is 24.7 Å². The standard InChI is InChI=1S/C70H50N2/c1-69(2)63-45-50(47-19-6-3-7-20-47)37-43-56(63)57-44-42-55(46-64(57)69)71(53-38-33-48(34-39-53)49-35-40-54(41-36-49)72-65-30-16-13-25-58(65)59-26-14-17-31-66(59)72)67-32-18-29-62-68(67)60-27-12-15-28-61(60)70(62,51-21-8-4-9-22-51)52-23-10-5-11-24-52/h3-46H,1-2H3. The third-order valence-electron chi connectivity index (χ3n) is 15.9. The molecule has 0 fully saturated rings. The second kappa shape index (κ2) is 16.3. The Morgan fingerprint density at radius 2 is 0.819 bits per heavy atom. The highest BCUT2D eigenvalue weighted by Gasteiger charge is 2.47. The first-order chi connectivity index (χ1) is 35.5. The van der Waals surface area contributed by atoms with Gasteiger partial charge in [0, 0.05) is 38.8 Å². The lowest BCUT2D eigenvalue weighted by Crippen LogP contribution is -2.28. The van der Waals surface area contributed by atoms with Gasteiger partial charge in [0.2, 0.25) is 0 Å². The molecule has 1 aromatic heterocycles. The van der Waals surface area contributed by atoms with Crippen LogP contribution in [0.1, 0.15) is 47.2 Å². The van der Waals surface area contributed by atoms with Crippen LogP contribution in [-0.2, 0) is 10.8 Å². The number of nitrogens with zero attached hydrogens (tertiary/aromatic N) is 2. The molecule has 72 heavy (non-hydrogen) atoms. The minimum atomic E-state index is -0.524. The molecular weight excluding hydrogens is 869 g/mol.